The number of rotatable bonds is 3. The van der Waals surface area contributed by atoms with Crippen LogP contribution in [-0.2, 0) is 5.75 Å². The lowest BCUT2D eigenvalue weighted by Gasteiger charge is -2.20. The summed E-state index contributed by atoms with van der Waals surface area (Å²) in [4.78, 5) is 0.733. The van der Waals surface area contributed by atoms with Gasteiger partial charge in [0.1, 0.15) is 19.0 Å². The van der Waals surface area contributed by atoms with Crippen LogP contribution in [0.3, 0.4) is 0 Å². The second-order valence-electron chi connectivity index (χ2n) is 4.56. The van der Waals surface area contributed by atoms with E-state index in [2.05, 4.69) is 15.9 Å². The van der Waals surface area contributed by atoms with Crippen molar-refractivity contribution in [2.75, 3.05) is 18.9 Å². The van der Waals surface area contributed by atoms with Crippen molar-refractivity contribution < 1.29 is 13.9 Å². The molecule has 0 radical (unpaired) electrons. The van der Waals surface area contributed by atoms with Crippen LogP contribution in [0, 0.1) is 5.82 Å². The molecule has 0 saturated carbocycles. The van der Waals surface area contributed by atoms with E-state index in [-0.39, 0.29) is 5.82 Å². The highest BCUT2D eigenvalue weighted by Gasteiger charge is 2.15. The standard InChI is InChI=1S/C15H13BrFNO2S/c16-11-7-14-13(19-3-4-20-14)5-9(11)8-21-15-6-10(17)1-2-12(15)18/h1-2,5-7H,3-4,8,18H2. The van der Waals surface area contributed by atoms with E-state index in [1.54, 1.807) is 6.07 Å². The summed E-state index contributed by atoms with van der Waals surface area (Å²) in [6, 6.07) is 8.24. The van der Waals surface area contributed by atoms with Crippen molar-refractivity contribution in [3.05, 3.63) is 46.2 Å². The zero-order valence-electron chi connectivity index (χ0n) is 11.1. The molecule has 2 aromatic carbocycles. The van der Waals surface area contributed by atoms with Gasteiger partial charge in [-0.05, 0) is 35.9 Å². The second-order valence-corrected chi connectivity index (χ2v) is 6.43. The third kappa shape index (κ3) is 3.27. The molecule has 1 aliphatic rings. The fourth-order valence-electron chi connectivity index (χ4n) is 2.01. The zero-order chi connectivity index (χ0) is 14.8. The Morgan fingerprint density at radius 3 is 2.62 bits per heavy atom. The summed E-state index contributed by atoms with van der Waals surface area (Å²) in [7, 11) is 0. The van der Waals surface area contributed by atoms with Gasteiger partial charge < -0.3 is 15.2 Å². The number of nitrogen functional groups attached to an aromatic ring is 1. The number of halogens is 2. The molecule has 2 aromatic rings. The number of ether oxygens (including phenoxy) is 2. The Kier molecular flexibility index (Phi) is 4.26. The quantitative estimate of drug-likeness (QED) is 0.649. The summed E-state index contributed by atoms with van der Waals surface area (Å²) < 4.78 is 25.3. The minimum absolute atomic E-state index is 0.284. The van der Waals surface area contributed by atoms with Crippen molar-refractivity contribution >= 4 is 33.4 Å². The van der Waals surface area contributed by atoms with Gasteiger partial charge in [-0.2, -0.15) is 0 Å². The maximum Gasteiger partial charge on any atom is 0.162 e. The molecule has 110 valence electrons. The Hall–Kier alpha value is -1.40. The molecular weight excluding hydrogens is 357 g/mol. The Balaban J connectivity index is 1.80. The molecule has 0 atom stereocenters. The largest absolute Gasteiger partial charge is 0.486 e. The van der Waals surface area contributed by atoms with Gasteiger partial charge in [-0.1, -0.05) is 15.9 Å². The van der Waals surface area contributed by atoms with E-state index in [9.17, 15) is 4.39 Å². The van der Waals surface area contributed by atoms with E-state index >= 15 is 0 Å². The SMILES string of the molecule is Nc1ccc(F)cc1SCc1cc2c(cc1Br)OCCO2. The fraction of sp³-hybridized carbons (Fsp3) is 0.200. The highest BCUT2D eigenvalue weighted by molar-refractivity contribution is 9.10. The molecule has 0 amide bonds. The smallest absolute Gasteiger partial charge is 0.162 e. The van der Waals surface area contributed by atoms with Crippen molar-refractivity contribution in [3.8, 4) is 11.5 Å². The molecule has 0 fully saturated rings. The van der Waals surface area contributed by atoms with Gasteiger partial charge in [-0.25, -0.2) is 4.39 Å². The summed E-state index contributed by atoms with van der Waals surface area (Å²) >= 11 is 5.02. The first kappa shape index (κ1) is 14.5. The predicted molar refractivity (Wildman–Crippen MR) is 85.5 cm³/mol. The van der Waals surface area contributed by atoms with Gasteiger partial charge in [-0.3, -0.25) is 0 Å². The van der Waals surface area contributed by atoms with Crippen LogP contribution in [0.2, 0.25) is 0 Å². The molecule has 0 saturated heterocycles. The van der Waals surface area contributed by atoms with E-state index in [0.717, 1.165) is 26.4 Å². The van der Waals surface area contributed by atoms with Crippen molar-refractivity contribution in [1.29, 1.82) is 0 Å². The number of benzene rings is 2. The van der Waals surface area contributed by atoms with E-state index in [4.69, 9.17) is 15.2 Å². The molecule has 0 aromatic heterocycles. The highest BCUT2D eigenvalue weighted by Crippen LogP contribution is 2.38. The van der Waals surface area contributed by atoms with Crippen molar-refractivity contribution in [3.63, 3.8) is 0 Å². The molecule has 0 unspecified atom stereocenters. The van der Waals surface area contributed by atoms with Crippen molar-refractivity contribution in [2.24, 2.45) is 0 Å². The first-order valence-corrected chi connectivity index (χ1v) is 8.17. The van der Waals surface area contributed by atoms with Gasteiger partial charge in [0.05, 0.1) is 0 Å². The van der Waals surface area contributed by atoms with Crippen molar-refractivity contribution in [1.82, 2.24) is 0 Å². The highest BCUT2D eigenvalue weighted by atomic mass is 79.9. The van der Waals surface area contributed by atoms with Gasteiger partial charge in [0.25, 0.3) is 0 Å². The van der Waals surface area contributed by atoms with Gasteiger partial charge in [-0.15, -0.1) is 11.8 Å². The zero-order valence-corrected chi connectivity index (χ0v) is 13.5. The maximum absolute atomic E-state index is 13.3. The topological polar surface area (TPSA) is 44.5 Å². The number of hydrogen-bond acceptors (Lipinski definition) is 4. The average molecular weight is 370 g/mol. The van der Waals surface area contributed by atoms with Crippen LogP contribution in [0.5, 0.6) is 11.5 Å². The minimum Gasteiger partial charge on any atom is -0.486 e. The fourth-order valence-corrected chi connectivity index (χ4v) is 3.63. The Morgan fingerprint density at radius 2 is 1.86 bits per heavy atom. The molecule has 3 rings (SSSR count). The van der Waals surface area contributed by atoms with E-state index in [1.807, 2.05) is 12.1 Å². The summed E-state index contributed by atoms with van der Waals surface area (Å²) in [6.07, 6.45) is 0. The summed E-state index contributed by atoms with van der Waals surface area (Å²) in [5, 5.41) is 0. The van der Waals surface area contributed by atoms with Crippen LogP contribution < -0.4 is 15.2 Å². The molecule has 0 aliphatic carbocycles. The Morgan fingerprint density at radius 1 is 1.14 bits per heavy atom. The van der Waals surface area contributed by atoms with E-state index in [1.165, 1.54) is 23.9 Å². The number of thioether (sulfide) groups is 1. The summed E-state index contributed by atoms with van der Waals surface area (Å²) in [5.74, 6) is 1.86. The lowest BCUT2D eigenvalue weighted by Crippen LogP contribution is -2.15. The Labute approximate surface area is 134 Å². The minimum atomic E-state index is -0.284. The number of anilines is 1. The van der Waals surface area contributed by atoms with E-state index < -0.39 is 0 Å². The molecule has 1 heterocycles. The Bertz CT molecular complexity index is 681. The lowest BCUT2D eigenvalue weighted by molar-refractivity contribution is 0.171. The van der Waals surface area contributed by atoms with Gasteiger partial charge in [0, 0.05) is 20.8 Å². The predicted octanol–water partition coefficient (Wildman–Crippen LogP) is 4.23. The van der Waals surface area contributed by atoms with Crippen LogP contribution >= 0.6 is 27.7 Å². The van der Waals surface area contributed by atoms with Crippen LogP contribution in [0.4, 0.5) is 10.1 Å². The second kappa shape index (κ2) is 6.15. The molecule has 1 aliphatic heterocycles. The average Bonchev–Trinajstić information content (AvgIpc) is 2.48. The van der Waals surface area contributed by atoms with Gasteiger partial charge in [0.2, 0.25) is 0 Å². The third-order valence-corrected chi connectivity index (χ3v) is 4.93. The molecular formula is C15H13BrFNO2S. The first-order valence-electron chi connectivity index (χ1n) is 6.39. The van der Waals surface area contributed by atoms with Crippen LogP contribution in [0.25, 0.3) is 0 Å². The molecule has 0 spiro atoms. The third-order valence-electron chi connectivity index (χ3n) is 3.07. The van der Waals surface area contributed by atoms with Crippen LogP contribution in [0.1, 0.15) is 5.56 Å². The van der Waals surface area contributed by atoms with Crippen LogP contribution in [0.15, 0.2) is 39.7 Å². The first-order chi connectivity index (χ1) is 10.1. The van der Waals surface area contributed by atoms with Gasteiger partial charge >= 0.3 is 0 Å². The summed E-state index contributed by atoms with van der Waals surface area (Å²) in [6.45, 7) is 1.12. The van der Waals surface area contributed by atoms with Gasteiger partial charge in [0.15, 0.2) is 11.5 Å². The van der Waals surface area contributed by atoms with Crippen molar-refractivity contribution in [2.45, 2.75) is 10.6 Å². The molecule has 6 heteroatoms. The lowest BCUT2D eigenvalue weighted by atomic mass is 10.2. The normalized spacial score (nSPS) is 13.2. The molecule has 2 N–H and O–H groups in total. The number of hydrogen-bond donors (Lipinski definition) is 1. The molecule has 3 nitrogen and oxygen atoms in total. The van der Waals surface area contributed by atoms with E-state index in [0.29, 0.717) is 24.7 Å². The molecule has 0 bridgehead atoms. The van der Waals surface area contributed by atoms with Crippen LogP contribution in [-0.4, -0.2) is 13.2 Å². The summed E-state index contributed by atoms with van der Waals surface area (Å²) in [5.41, 5.74) is 7.49. The number of nitrogens with two attached hydrogens (primary N) is 1. The number of fused-ring (bicyclic) bond motifs is 1. The maximum atomic E-state index is 13.3. The monoisotopic (exact) mass is 369 g/mol. The molecule has 21 heavy (non-hydrogen) atoms.